The summed E-state index contributed by atoms with van der Waals surface area (Å²) in [6, 6.07) is 24.0. The molecule has 2 bridgehead atoms. The Balaban J connectivity index is 1.55. The molecule has 2 atom stereocenters. The lowest BCUT2D eigenvalue weighted by Crippen LogP contribution is -2.18. The molecular formula is C30H36O7. The normalized spacial score (nSPS) is 20.4. The minimum atomic E-state index is -0.221. The summed E-state index contributed by atoms with van der Waals surface area (Å²) in [6.07, 6.45) is -0.441. The van der Waals surface area contributed by atoms with Crippen LogP contribution in [0.15, 0.2) is 72.8 Å². The van der Waals surface area contributed by atoms with E-state index in [9.17, 15) is 0 Å². The summed E-state index contributed by atoms with van der Waals surface area (Å²) in [5.74, 6) is 1.45. The molecule has 0 aromatic heterocycles. The molecule has 7 heteroatoms. The first kappa shape index (κ1) is 27.1. The van der Waals surface area contributed by atoms with Gasteiger partial charge in [-0.15, -0.1) is 0 Å². The number of hydrogen-bond donors (Lipinski definition) is 0. The minimum absolute atomic E-state index is 0.221. The lowest BCUT2D eigenvalue weighted by atomic mass is 10.1. The van der Waals surface area contributed by atoms with Gasteiger partial charge in [-0.1, -0.05) is 60.7 Å². The van der Waals surface area contributed by atoms with E-state index in [2.05, 4.69) is 0 Å². The molecule has 0 saturated carbocycles. The number of benzene rings is 3. The fourth-order valence-electron chi connectivity index (χ4n) is 4.29. The maximum absolute atomic E-state index is 6.15. The number of fused-ring (bicyclic) bond motifs is 2. The summed E-state index contributed by atoms with van der Waals surface area (Å²) >= 11 is 0. The molecule has 0 spiro atoms. The molecular weight excluding hydrogens is 472 g/mol. The monoisotopic (exact) mass is 508 g/mol. The van der Waals surface area contributed by atoms with E-state index in [0.29, 0.717) is 52.9 Å². The molecule has 1 heterocycles. The Labute approximate surface area is 219 Å². The summed E-state index contributed by atoms with van der Waals surface area (Å²) in [4.78, 5) is 0. The summed E-state index contributed by atoms with van der Waals surface area (Å²) in [5.41, 5.74) is 3.87. The fraction of sp³-hybridized carbons (Fsp3) is 0.400. The Morgan fingerprint density at radius 1 is 0.595 bits per heavy atom. The zero-order valence-corrected chi connectivity index (χ0v) is 21.6. The molecule has 0 fully saturated rings. The maximum Gasteiger partial charge on any atom is 0.130 e. The highest BCUT2D eigenvalue weighted by atomic mass is 16.6. The molecule has 37 heavy (non-hydrogen) atoms. The van der Waals surface area contributed by atoms with Gasteiger partial charge in [0.15, 0.2) is 0 Å². The van der Waals surface area contributed by atoms with Gasteiger partial charge >= 0.3 is 0 Å². The van der Waals surface area contributed by atoms with Gasteiger partial charge in [-0.2, -0.15) is 0 Å². The van der Waals surface area contributed by atoms with E-state index in [1.54, 1.807) is 14.2 Å². The number of hydrogen-bond acceptors (Lipinski definition) is 7. The van der Waals surface area contributed by atoms with E-state index in [-0.39, 0.29) is 12.2 Å². The molecule has 0 radical (unpaired) electrons. The van der Waals surface area contributed by atoms with Crippen molar-refractivity contribution in [2.75, 3.05) is 53.9 Å². The maximum atomic E-state index is 6.15. The molecule has 0 saturated heterocycles. The highest BCUT2D eigenvalue weighted by molar-refractivity contribution is 5.47. The van der Waals surface area contributed by atoms with Crippen LogP contribution in [-0.2, 0) is 36.9 Å². The average molecular weight is 509 g/mol. The third-order valence-corrected chi connectivity index (χ3v) is 6.15. The van der Waals surface area contributed by atoms with Gasteiger partial charge < -0.3 is 33.2 Å². The molecule has 1 aliphatic heterocycles. The van der Waals surface area contributed by atoms with Gasteiger partial charge in [0.05, 0.1) is 67.1 Å². The van der Waals surface area contributed by atoms with Crippen molar-refractivity contribution in [2.24, 2.45) is 0 Å². The van der Waals surface area contributed by atoms with E-state index in [1.807, 2.05) is 72.8 Å². The van der Waals surface area contributed by atoms with Crippen molar-refractivity contribution in [3.63, 3.8) is 0 Å². The molecule has 1 aliphatic rings. The molecule has 3 aromatic carbocycles. The predicted octanol–water partition coefficient (Wildman–Crippen LogP) is 5.28. The first-order chi connectivity index (χ1) is 18.3. The summed E-state index contributed by atoms with van der Waals surface area (Å²) in [7, 11) is 3.31. The topological polar surface area (TPSA) is 64.6 Å². The number of methoxy groups -OCH3 is 2. The zero-order valence-electron chi connectivity index (χ0n) is 21.6. The van der Waals surface area contributed by atoms with Gasteiger partial charge in [-0.25, -0.2) is 0 Å². The second-order valence-corrected chi connectivity index (χ2v) is 8.66. The van der Waals surface area contributed by atoms with Crippen molar-refractivity contribution in [1.82, 2.24) is 0 Å². The van der Waals surface area contributed by atoms with Crippen molar-refractivity contribution < 1.29 is 33.2 Å². The van der Waals surface area contributed by atoms with Crippen LogP contribution < -0.4 is 9.47 Å². The SMILES string of the molecule is COc1cc2c(OC)c(c1)COC[C@H](c1ccccc1)OCCOCCO[C@@H](c1ccccc1)COC2. The van der Waals surface area contributed by atoms with Crippen LogP contribution in [-0.4, -0.2) is 53.9 Å². The van der Waals surface area contributed by atoms with Crippen molar-refractivity contribution in [1.29, 1.82) is 0 Å². The number of ether oxygens (including phenoxy) is 7. The second-order valence-electron chi connectivity index (χ2n) is 8.66. The van der Waals surface area contributed by atoms with Crippen LogP contribution in [0, 0.1) is 0 Å². The van der Waals surface area contributed by atoms with Gasteiger partial charge in [-0.05, 0) is 23.3 Å². The molecule has 0 amide bonds. The van der Waals surface area contributed by atoms with E-state index >= 15 is 0 Å². The standard InChI is InChI=1S/C30H36O7/c1-31-27-17-25-19-34-21-28(23-9-5-3-6-10-23)36-15-13-33-14-16-37-29(24-11-7-4-8-12-24)22-35-20-26(18-27)30(25)32-2/h3-12,17-18,28-29H,13-16,19-22H2,1-2H3/t28-,29-/m1/s1. The second kappa shape index (κ2) is 14.7. The van der Waals surface area contributed by atoms with Crippen LogP contribution in [0.4, 0.5) is 0 Å². The number of rotatable bonds is 4. The molecule has 4 rings (SSSR count). The Kier molecular flexibility index (Phi) is 10.8. The van der Waals surface area contributed by atoms with Crippen molar-refractivity contribution >= 4 is 0 Å². The van der Waals surface area contributed by atoms with Crippen molar-refractivity contribution in [2.45, 2.75) is 25.4 Å². The first-order valence-electron chi connectivity index (χ1n) is 12.6. The van der Waals surface area contributed by atoms with E-state index in [4.69, 9.17) is 33.2 Å². The van der Waals surface area contributed by atoms with Crippen LogP contribution in [0.2, 0.25) is 0 Å². The Hall–Kier alpha value is -2.94. The molecule has 3 aromatic rings. The molecule has 198 valence electrons. The third-order valence-electron chi connectivity index (χ3n) is 6.15. The molecule has 7 nitrogen and oxygen atoms in total. The summed E-state index contributed by atoms with van der Waals surface area (Å²) in [5, 5.41) is 0. The van der Waals surface area contributed by atoms with Gasteiger partial charge in [0, 0.05) is 11.1 Å². The van der Waals surface area contributed by atoms with Crippen molar-refractivity contribution in [3.05, 3.63) is 95.1 Å². The highest BCUT2D eigenvalue weighted by Crippen LogP contribution is 2.32. The largest absolute Gasteiger partial charge is 0.497 e. The Bertz CT molecular complexity index is 980. The molecule has 0 aliphatic carbocycles. The van der Waals surface area contributed by atoms with Gasteiger partial charge in [0.25, 0.3) is 0 Å². The van der Waals surface area contributed by atoms with Crippen molar-refractivity contribution in [3.8, 4) is 11.5 Å². The van der Waals surface area contributed by atoms with Gasteiger partial charge in [0.1, 0.15) is 23.7 Å². The lowest BCUT2D eigenvalue weighted by molar-refractivity contribution is -0.0646. The van der Waals surface area contributed by atoms with E-state index < -0.39 is 0 Å². The lowest BCUT2D eigenvalue weighted by Gasteiger charge is -2.22. The Morgan fingerprint density at radius 2 is 1.08 bits per heavy atom. The van der Waals surface area contributed by atoms with Gasteiger partial charge in [-0.3, -0.25) is 0 Å². The quantitative estimate of drug-likeness (QED) is 0.475. The van der Waals surface area contributed by atoms with E-state index in [1.165, 1.54) is 0 Å². The average Bonchev–Trinajstić information content (AvgIpc) is 2.95. The predicted molar refractivity (Wildman–Crippen MR) is 140 cm³/mol. The zero-order chi connectivity index (χ0) is 25.7. The molecule has 0 N–H and O–H groups in total. The van der Waals surface area contributed by atoms with Crippen LogP contribution >= 0.6 is 0 Å². The molecule has 0 unspecified atom stereocenters. The third kappa shape index (κ3) is 8.02. The first-order valence-corrected chi connectivity index (χ1v) is 12.6. The van der Waals surface area contributed by atoms with Crippen LogP contribution in [0.5, 0.6) is 11.5 Å². The van der Waals surface area contributed by atoms with Crippen LogP contribution in [0.3, 0.4) is 0 Å². The van der Waals surface area contributed by atoms with E-state index in [0.717, 1.165) is 33.8 Å². The van der Waals surface area contributed by atoms with Gasteiger partial charge in [0.2, 0.25) is 0 Å². The van der Waals surface area contributed by atoms with Crippen LogP contribution in [0.1, 0.15) is 34.5 Å². The van der Waals surface area contributed by atoms with Crippen LogP contribution in [0.25, 0.3) is 0 Å². The summed E-state index contributed by atoms with van der Waals surface area (Å²) < 4.78 is 41.7. The fourth-order valence-corrected chi connectivity index (χ4v) is 4.29. The summed E-state index contributed by atoms with van der Waals surface area (Å²) in [6.45, 7) is 3.27. The minimum Gasteiger partial charge on any atom is -0.497 e. The Morgan fingerprint density at radius 3 is 1.51 bits per heavy atom. The smallest absolute Gasteiger partial charge is 0.130 e. The highest BCUT2D eigenvalue weighted by Gasteiger charge is 2.18.